The lowest BCUT2D eigenvalue weighted by Crippen LogP contribution is -2.41. The minimum atomic E-state index is -0.253. The van der Waals surface area contributed by atoms with E-state index < -0.39 is 0 Å². The van der Waals surface area contributed by atoms with Crippen LogP contribution in [0.3, 0.4) is 0 Å². The van der Waals surface area contributed by atoms with Crippen molar-refractivity contribution in [2.24, 2.45) is 0 Å². The standard InChI is InChI=1S/C21H19N5O2/c22-14-15-9-11-17(12-10-15)23-21(27)26-13-5-4-8-18(26)20-24-19(25-28-20)16-6-2-1-3-7-16/h1-3,6-7,9-12,18H,4-5,8,13H2,(H,23,27). The van der Waals surface area contributed by atoms with Gasteiger partial charge in [-0.2, -0.15) is 10.2 Å². The number of nitrogens with zero attached hydrogens (tertiary/aromatic N) is 4. The second-order valence-corrected chi connectivity index (χ2v) is 6.65. The molecule has 7 heteroatoms. The van der Waals surface area contributed by atoms with E-state index in [9.17, 15) is 4.79 Å². The number of hydrogen-bond donors (Lipinski definition) is 1. The van der Waals surface area contributed by atoms with Gasteiger partial charge in [-0.25, -0.2) is 4.79 Å². The fourth-order valence-electron chi connectivity index (χ4n) is 3.33. The zero-order valence-corrected chi connectivity index (χ0v) is 15.2. The third-order valence-electron chi connectivity index (χ3n) is 4.79. The molecule has 2 amide bonds. The zero-order valence-electron chi connectivity index (χ0n) is 15.2. The molecule has 3 aromatic rings. The quantitative estimate of drug-likeness (QED) is 0.736. The molecule has 1 aliphatic rings. The SMILES string of the molecule is N#Cc1ccc(NC(=O)N2CCCCC2c2nc(-c3ccccc3)no2)cc1. The number of rotatable bonds is 3. The van der Waals surface area contributed by atoms with E-state index >= 15 is 0 Å². The van der Waals surface area contributed by atoms with E-state index in [0.717, 1.165) is 24.8 Å². The van der Waals surface area contributed by atoms with Crippen molar-refractivity contribution in [2.45, 2.75) is 25.3 Å². The van der Waals surface area contributed by atoms with Crippen molar-refractivity contribution < 1.29 is 9.32 Å². The molecule has 4 rings (SSSR count). The molecule has 7 nitrogen and oxygen atoms in total. The lowest BCUT2D eigenvalue weighted by atomic mass is 10.0. The van der Waals surface area contributed by atoms with Crippen molar-refractivity contribution in [1.82, 2.24) is 15.0 Å². The number of anilines is 1. The van der Waals surface area contributed by atoms with Crippen LogP contribution in [0.15, 0.2) is 59.1 Å². The number of carbonyl (C=O) groups is 1. The Bertz CT molecular complexity index is 992. The van der Waals surface area contributed by atoms with Crippen LogP contribution in [0, 0.1) is 11.3 Å². The molecule has 0 bridgehead atoms. The Morgan fingerprint density at radius 3 is 2.68 bits per heavy atom. The molecule has 0 aliphatic carbocycles. The molecule has 1 aromatic heterocycles. The van der Waals surface area contributed by atoms with Crippen LogP contribution in [0.5, 0.6) is 0 Å². The number of carbonyl (C=O) groups excluding carboxylic acids is 1. The first-order chi connectivity index (χ1) is 13.7. The molecule has 0 saturated carbocycles. The Balaban J connectivity index is 1.52. The lowest BCUT2D eigenvalue weighted by Gasteiger charge is -2.33. The number of benzene rings is 2. The summed E-state index contributed by atoms with van der Waals surface area (Å²) in [5.74, 6) is 0.974. The van der Waals surface area contributed by atoms with Gasteiger partial charge in [-0.15, -0.1) is 0 Å². The third-order valence-corrected chi connectivity index (χ3v) is 4.79. The number of piperidine rings is 1. The first-order valence-electron chi connectivity index (χ1n) is 9.21. The highest BCUT2D eigenvalue weighted by molar-refractivity contribution is 5.89. The topological polar surface area (TPSA) is 95.1 Å². The molecule has 0 radical (unpaired) electrons. The van der Waals surface area contributed by atoms with E-state index in [0.29, 0.717) is 29.5 Å². The first kappa shape index (κ1) is 17.7. The number of amides is 2. The maximum Gasteiger partial charge on any atom is 0.322 e. The highest BCUT2D eigenvalue weighted by Gasteiger charge is 2.32. The molecule has 1 fully saturated rings. The van der Waals surface area contributed by atoms with Crippen LogP contribution in [-0.4, -0.2) is 27.6 Å². The summed E-state index contributed by atoms with van der Waals surface area (Å²) in [4.78, 5) is 19.1. The number of aromatic nitrogens is 2. The maximum absolute atomic E-state index is 12.8. The van der Waals surface area contributed by atoms with Crippen LogP contribution < -0.4 is 5.32 Å². The van der Waals surface area contributed by atoms with Gasteiger partial charge >= 0.3 is 6.03 Å². The molecule has 1 atom stereocenters. The van der Waals surface area contributed by atoms with Crippen LogP contribution in [-0.2, 0) is 0 Å². The van der Waals surface area contributed by atoms with Gasteiger partial charge in [0.1, 0.15) is 6.04 Å². The molecule has 1 N–H and O–H groups in total. The predicted molar refractivity (Wildman–Crippen MR) is 103 cm³/mol. The van der Waals surface area contributed by atoms with Crippen LogP contribution in [0.4, 0.5) is 10.5 Å². The van der Waals surface area contributed by atoms with Crippen LogP contribution in [0.25, 0.3) is 11.4 Å². The van der Waals surface area contributed by atoms with Crippen molar-refractivity contribution in [3.63, 3.8) is 0 Å². The second kappa shape index (κ2) is 7.92. The third kappa shape index (κ3) is 3.71. The van der Waals surface area contributed by atoms with Crippen molar-refractivity contribution in [1.29, 1.82) is 5.26 Å². The average Bonchev–Trinajstić information content (AvgIpc) is 3.25. The van der Waals surface area contributed by atoms with Crippen molar-refractivity contribution in [2.75, 3.05) is 11.9 Å². The summed E-state index contributed by atoms with van der Waals surface area (Å²) < 4.78 is 5.50. The molecule has 2 aromatic carbocycles. The van der Waals surface area contributed by atoms with Crippen molar-refractivity contribution in [3.8, 4) is 17.5 Å². The molecule has 2 heterocycles. The average molecular weight is 373 g/mol. The highest BCUT2D eigenvalue weighted by atomic mass is 16.5. The number of hydrogen-bond acceptors (Lipinski definition) is 5. The Morgan fingerprint density at radius 2 is 1.93 bits per heavy atom. The Labute approximate surface area is 162 Å². The van der Waals surface area contributed by atoms with Crippen LogP contribution >= 0.6 is 0 Å². The minimum absolute atomic E-state index is 0.214. The van der Waals surface area contributed by atoms with Gasteiger partial charge in [-0.05, 0) is 43.5 Å². The van der Waals surface area contributed by atoms with Crippen molar-refractivity contribution in [3.05, 3.63) is 66.1 Å². The fraction of sp³-hybridized carbons (Fsp3) is 0.238. The lowest BCUT2D eigenvalue weighted by molar-refractivity contribution is 0.142. The Morgan fingerprint density at radius 1 is 1.14 bits per heavy atom. The molecule has 28 heavy (non-hydrogen) atoms. The summed E-state index contributed by atoms with van der Waals surface area (Å²) in [6.45, 7) is 0.621. The van der Waals surface area contributed by atoms with Gasteiger partial charge < -0.3 is 14.7 Å². The molecule has 0 spiro atoms. The molecule has 1 aliphatic heterocycles. The monoisotopic (exact) mass is 373 g/mol. The van der Waals surface area contributed by atoms with Crippen molar-refractivity contribution >= 4 is 11.7 Å². The molecule has 1 saturated heterocycles. The summed E-state index contributed by atoms with van der Waals surface area (Å²) in [5, 5.41) is 15.9. The van der Waals surface area contributed by atoms with E-state index in [1.165, 1.54) is 0 Å². The van der Waals surface area contributed by atoms with E-state index in [1.807, 2.05) is 30.3 Å². The van der Waals surface area contributed by atoms with E-state index in [2.05, 4.69) is 21.5 Å². The van der Waals surface area contributed by atoms with E-state index in [-0.39, 0.29) is 12.1 Å². The summed E-state index contributed by atoms with van der Waals surface area (Å²) in [5.41, 5.74) is 2.07. The zero-order chi connectivity index (χ0) is 19.3. The van der Waals surface area contributed by atoms with Crippen LogP contribution in [0.2, 0.25) is 0 Å². The fourth-order valence-corrected chi connectivity index (χ4v) is 3.33. The summed E-state index contributed by atoms with van der Waals surface area (Å²) in [6, 6.07) is 18.0. The van der Waals surface area contributed by atoms with Gasteiger partial charge in [0.15, 0.2) is 0 Å². The van der Waals surface area contributed by atoms with Gasteiger partial charge in [0.25, 0.3) is 0 Å². The van der Waals surface area contributed by atoms with Crippen LogP contribution in [0.1, 0.15) is 36.8 Å². The summed E-state index contributed by atoms with van der Waals surface area (Å²) in [6.07, 6.45) is 2.70. The van der Waals surface area contributed by atoms with Gasteiger partial charge in [-0.3, -0.25) is 0 Å². The molecule has 1 unspecified atom stereocenters. The maximum atomic E-state index is 12.8. The molecule has 140 valence electrons. The van der Waals surface area contributed by atoms with E-state index in [1.54, 1.807) is 29.2 Å². The molecular weight excluding hydrogens is 354 g/mol. The second-order valence-electron chi connectivity index (χ2n) is 6.65. The number of nitriles is 1. The Hall–Kier alpha value is -3.66. The predicted octanol–water partition coefficient (Wildman–Crippen LogP) is 4.37. The number of likely N-dealkylation sites (tertiary alicyclic amines) is 1. The van der Waals surface area contributed by atoms with Gasteiger partial charge in [-0.1, -0.05) is 35.5 Å². The van der Waals surface area contributed by atoms with Gasteiger partial charge in [0, 0.05) is 17.8 Å². The number of urea groups is 1. The van der Waals surface area contributed by atoms with E-state index in [4.69, 9.17) is 9.78 Å². The first-order valence-corrected chi connectivity index (χ1v) is 9.21. The minimum Gasteiger partial charge on any atom is -0.337 e. The molecular formula is C21H19N5O2. The largest absolute Gasteiger partial charge is 0.337 e. The van der Waals surface area contributed by atoms with Gasteiger partial charge in [0.2, 0.25) is 11.7 Å². The Kier molecular flexibility index (Phi) is 5.02. The number of nitrogens with one attached hydrogen (secondary N) is 1. The summed E-state index contributed by atoms with van der Waals surface area (Å²) in [7, 11) is 0. The van der Waals surface area contributed by atoms with Gasteiger partial charge in [0.05, 0.1) is 11.6 Å². The summed E-state index contributed by atoms with van der Waals surface area (Å²) >= 11 is 0. The highest BCUT2D eigenvalue weighted by Crippen LogP contribution is 2.31. The smallest absolute Gasteiger partial charge is 0.322 e. The normalized spacial score (nSPS) is 16.4.